The van der Waals surface area contributed by atoms with Crippen molar-refractivity contribution in [3.05, 3.63) is 48.3 Å². The molecule has 0 saturated heterocycles. The van der Waals surface area contributed by atoms with Gasteiger partial charge in [-0.25, -0.2) is 9.97 Å². The number of nitrogen functional groups attached to an aromatic ring is 1. The molecule has 1 aromatic heterocycles. The van der Waals surface area contributed by atoms with Crippen molar-refractivity contribution in [1.82, 2.24) is 9.97 Å². The van der Waals surface area contributed by atoms with Gasteiger partial charge in [0.15, 0.2) is 5.82 Å². The Labute approximate surface area is 108 Å². The van der Waals surface area contributed by atoms with Crippen molar-refractivity contribution in [3.63, 3.8) is 0 Å². The maximum absolute atomic E-state index is 11.3. The summed E-state index contributed by atoms with van der Waals surface area (Å²) in [5.74, 6) is -0.694. The molecule has 0 saturated carbocycles. The summed E-state index contributed by atoms with van der Waals surface area (Å²) < 4.78 is 0. The van der Waals surface area contributed by atoms with Crippen molar-refractivity contribution < 1.29 is 9.90 Å². The number of anilines is 1. The second-order valence-corrected chi connectivity index (χ2v) is 4.59. The van der Waals surface area contributed by atoms with Crippen LogP contribution in [0.4, 0.5) is 5.82 Å². The van der Waals surface area contributed by atoms with E-state index >= 15 is 0 Å². The number of thioether (sulfide) groups is 1. The van der Waals surface area contributed by atoms with Crippen LogP contribution in [0, 0.1) is 0 Å². The first-order valence-electron chi connectivity index (χ1n) is 5.19. The number of carboxylic acids is 1. The zero-order valence-corrected chi connectivity index (χ0v) is 10.2. The Bertz CT molecular complexity index is 548. The van der Waals surface area contributed by atoms with Crippen LogP contribution in [-0.2, 0) is 4.79 Å². The van der Waals surface area contributed by atoms with Crippen molar-refractivity contribution in [2.24, 2.45) is 0 Å². The van der Waals surface area contributed by atoms with Crippen LogP contribution in [0.2, 0.25) is 0 Å². The Balaban J connectivity index is 2.28. The number of benzene rings is 1. The van der Waals surface area contributed by atoms with Gasteiger partial charge in [0.2, 0.25) is 0 Å². The Morgan fingerprint density at radius 2 is 1.89 bits per heavy atom. The van der Waals surface area contributed by atoms with E-state index in [0.29, 0.717) is 10.6 Å². The molecular formula is C12H11N3O2S. The number of aliphatic carboxylic acids is 1. The monoisotopic (exact) mass is 261 g/mol. The van der Waals surface area contributed by atoms with Gasteiger partial charge in [0.05, 0.1) is 0 Å². The molecule has 18 heavy (non-hydrogen) atoms. The lowest BCUT2D eigenvalue weighted by Gasteiger charge is -2.12. The Hall–Kier alpha value is -2.08. The van der Waals surface area contributed by atoms with Crippen molar-refractivity contribution in [1.29, 1.82) is 0 Å². The molecule has 3 N–H and O–H groups in total. The van der Waals surface area contributed by atoms with Gasteiger partial charge in [0.25, 0.3) is 0 Å². The van der Waals surface area contributed by atoms with Gasteiger partial charge in [-0.05, 0) is 5.56 Å². The minimum absolute atomic E-state index is 0.240. The highest BCUT2D eigenvalue weighted by molar-refractivity contribution is 8.00. The Morgan fingerprint density at radius 1 is 1.22 bits per heavy atom. The maximum Gasteiger partial charge on any atom is 0.321 e. The third kappa shape index (κ3) is 2.78. The quantitative estimate of drug-likeness (QED) is 0.818. The molecule has 0 aliphatic carbocycles. The van der Waals surface area contributed by atoms with Crippen molar-refractivity contribution in [2.75, 3.05) is 5.73 Å². The average Bonchev–Trinajstić information content (AvgIpc) is 2.38. The number of nitrogens with zero attached hydrogens (tertiary/aromatic N) is 2. The van der Waals surface area contributed by atoms with Crippen LogP contribution in [0.5, 0.6) is 0 Å². The number of carbonyl (C=O) groups is 1. The van der Waals surface area contributed by atoms with Gasteiger partial charge in [-0.1, -0.05) is 42.1 Å². The number of hydrogen-bond donors (Lipinski definition) is 2. The predicted octanol–water partition coefficient (Wildman–Crippen LogP) is 1.98. The maximum atomic E-state index is 11.3. The van der Waals surface area contributed by atoms with Gasteiger partial charge in [0, 0.05) is 12.4 Å². The first kappa shape index (κ1) is 12.4. The second-order valence-electron chi connectivity index (χ2n) is 3.49. The molecule has 1 atom stereocenters. The Morgan fingerprint density at radius 3 is 2.50 bits per heavy atom. The van der Waals surface area contributed by atoms with Gasteiger partial charge in [0.1, 0.15) is 10.3 Å². The van der Waals surface area contributed by atoms with Crippen molar-refractivity contribution >= 4 is 23.5 Å². The highest BCUT2D eigenvalue weighted by Crippen LogP contribution is 2.36. The van der Waals surface area contributed by atoms with E-state index in [-0.39, 0.29) is 5.82 Å². The molecule has 0 spiro atoms. The predicted molar refractivity (Wildman–Crippen MR) is 69.1 cm³/mol. The van der Waals surface area contributed by atoms with Crippen LogP contribution in [-0.4, -0.2) is 21.0 Å². The molecule has 0 aliphatic heterocycles. The second kappa shape index (κ2) is 5.50. The largest absolute Gasteiger partial charge is 0.480 e. The van der Waals surface area contributed by atoms with Crippen LogP contribution in [0.25, 0.3) is 0 Å². The fourth-order valence-electron chi connectivity index (χ4n) is 1.43. The van der Waals surface area contributed by atoms with Gasteiger partial charge >= 0.3 is 5.97 Å². The average molecular weight is 261 g/mol. The summed E-state index contributed by atoms with van der Waals surface area (Å²) in [5, 5.41) is 8.95. The SMILES string of the molecule is Nc1nccnc1SC(C(=O)O)c1ccccc1. The lowest BCUT2D eigenvalue weighted by molar-refractivity contribution is -0.136. The van der Waals surface area contributed by atoms with E-state index in [2.05, 4.69) is 9.97 Å². The fraction of sp³-hybridized carbons (Fsp3) is 0.0833. The van der Waals surface area contributed by atoms with E-state index in [4.69, 9.17) is 5.73 Å². The molecule has 6 heteroatoms. The number of carboxylic acid groups (broad SMARTS) is 1. The molecule has 1 heterocycles. The summed E-state index contributed by atoms with van der Waals surface area (Å²) in [7, 11) is 0. The molecule has 92 valence electrons. The van der Waals surface area contributed by atoms with E-state index in [0.717, 1.165) is 11.8 Å². The van der Waals surface area contributed by atoms with E-state index in [9.17, 15) is 9.90 Å². The minimum atomic E-state index is -0.934. The van der Waals surface area contributed by atoms with Crippen LogP contribution < -0.4 is 5.73 Å². The van der Waals surface area contributed by atoms with Crippen molar-refractivity contribution in [3.8, 4) is 0 Å². The van der Waals surface area contributed by atoms with E-state index in [1.54, 1.807) is 24.3 Å². The van der Waals surface area contributed by atoms with E-state index in [1.165, 1.54) is 12.4 Å². The highest BCUT2D eigenvalue weighted by Gasteiger charge is 2.22. The standard InChI is InChI=1S/C12H11N3O2S/c13-10-11(15-7-6-14-10)18-9(12(16)17)8-4-2-1-3-5-8/h1-7,9H,(H2,13,14)(H,16,17). The first-order chi connectivity index (χ1) is 8.68. The molecule has 5 nitrogen and oxygen atoms in total. The summed E-state index contributed by atoms with van der Waals surface area (Å²) >= 11 is 1.08. The smallest absolute Gasteiger partial charge is 0.321 e. The van der Waals surface area contributed by atoms with Gasteiger partial charge < -0.3 is 10.8 Å². The molecule has 2 rings (SSSR count). The molecule has 1 unspecified atom stereocenters. The molecule has 1 aromatic carbocycles. The third-order valence-electron chi connectivity index (χ3n) is 2.25. The lowest BCUT2D eigenvalue weighted by Crippen LogP contribution is -2.09. The summed E-state index contributed by atoms with van der Waals surface area (Å²) in [6.07, 6.45) is 2.96. The molecule has 0 fully saturated rings. The topological polar surface area (TPSA) is 89.1 Å². The lowest BCUT2D eigenvalue weighted by atomic mass is 10.1. The van der Waals surface area contributed by atoms with E-state index < -0.39 is 11.2 Å². The zero-order valence-electron chi connectivity index (χ0n) is 9.35. The van der Waals surface area contributed by atoms with Crippen LogP contribution in [0.15, 0.2) is 47.8 Å². The summed E-state index contributed by atoms with van der Waals surface area (Å²) in [4.78, 5) is 19.2. The molecular weight excluding hydrogens is 250 g/mol. The first-order valence-corrected chi connectivity index (χ1v) is 6.07. The normalized spacial score (nSPS) is 12.0. The highest BCUT2D eigenvalue weighted by atomic mass is 32.2. The third-order valence-corrected chi connectivity index (χ3v) is 3.49. The fourth-order valence-corrected chi connectivity index (χ4v) is 2.34. The summed E-state index contributed by atoms with van der Waals surface area (Å²) in [6, 6.07) is 8.96. The van der Waals surface area contributed by atoms with Crippen LogP contribution in [0.3, 0.4) is 0 Å². The molecule has 2 aromatic rings. The minimum Gasteiger partial charge on any atom is -0.480 e. The number of aromatic nitrogens is 2. The van der Waals surface area contributed by atoms with Crippen molar-refractivity contribution in [2.45, 2.75) is 10.3 Å². The van der Waals surface area contributed by atoms with Crippen LogP contribution >= 0.6 is 11.8 Å². The summed E-state index contributed by atoms with van der Waals surface area (Å²) in [5.41, 5.74) is 6.35. The molecule has 0 bridgehead atoms. The summed E-state index contributed by atoms with van der Waals surface area (Å²) in [6.45, 7) is 0. The van der Waals surface area contributed by atoms with Crippen LogP contribution in [0.1, 0.15) is 10.8 Å². The number of nitrogens with two attached hydrogens (primary N) is 1. The molecule has 0 radical (unpaired) electrons. The number of rotatable bonds is 4. The van der Waals surface area contributed by atoms with Gasteiger partial charge in [-0.2, -0.15) is 0 Å². The van der Waals surface area contributed by atoms with E-state index in [1.807, 2.05) is 6.07 Å². The van der Waals surface area contributed by atoms with Gasteiger partial charge in [-0.15, -0.1) is 0 Å². The van der Waals surface area contributed by atoms with Gasteiger partial charge in [-0.3, -0.25) is 4.79 Å². The number of hydrogen-bond acceptors (Lipinski definition) is 5. The zero-order chi connectivity index (χ0) is 13.0. The Kier molecular flexibility index (Phi) is 3.78. The molecule has 0 aliphatic rings. The molecule has 0 amide bonds.